The topological polar surface area (TPSA) is 69.9 Å². The molecule has 0 aliphatic carbocycles. The molecule has 0 amide bonds. The lowest BCUT2D eigenvalue weighted by Gasteiger charge is -2.04. The Morgan fingerprint density at radius 1 is 1.50 bits per heavy atom. The summed E-state index contributed by atoms with van der Waals surface area (Å²) in [6, 6.07) is 3.98. The molecule has 7 heteroatoms. The summed E-state index contributed by atoms with van der Waals surface area (Å²) in [5, 5.41) is 10.3. The van der Waals surface area contributed by atoms with E-state index >= 15 is 0 Å². The zero-order valence-corrected chi connectivity index (χ0v) is 8.29. The second kappa shape index (κ2) is 4.05. The van der Waals surface area contributed by atoms with Crippen molar-refractivity contribution in [2.45, 2.75) is 6.92 Å². The summed E-state index contributed by atoms with van der Waals surface area (Å²) in [6.45, 7) is 1.24. The number of tetrazole rings is 1. The quantitative estimate of drug-likeness (QED) is 0.553. The summed E-state index contributed by atoms with van der Waals surface area (Å²) in [5.74, 6) is -0.942. The lowest BCUT2D eigenvalue weighted by molar-refractivity contribution is -0.131. The van der Waals surface area contributed by atoms with E-state index in [9.17, 15) is 9.18 Å². The van der Waals surface area contributed by atoms with Gasteiger partial charge in [0.2, 0.25) is 0 Å². The molecule has 16 heavy (non-hydrogen) atoms. The summed E-state index contributed by atoms with van der Waals surface area (Å²) in [6.07, 6.45) is 1.27. The molecule has 1 aromatic heterocycles. The number of nitrogens with zero attached hydrogens (tertiary/aromatic N) is 4. The highest BCUT2D eigenvalue weighted by Gasteiger charge is 2.08. The van der Waals surface area contributed by atoms with Crippen LogP contribution in [0.1, 0.15) is 6.92 Å². The molecule has 1 aromatic carbocycles. The molecule has 0 spiro atoms. The number of hydrogen-bond acceptors (Lipinski definition) is 5. The fourth-order valence-electron chi connectivity index (χ4n) is 1.17. The molecule has 0 aliphatic rings. The van der Waals surface area contributed by atoms with E-state index in [-0.39, 0.29) is 11.4 Å². The molecule has 0 N–H and O–H groups in total. The maximum atomic E-state index is 13.6. The Balaban J connectivity index is 2.34. The smallest absolute Gasteiger partial charge is 0.308 e. The van der Waals surface area contributed by atoms with Crippen molar-refractivity contribution >= 4 is 5.97 Å². The number of benzene rings is 1. The first-order valence-electron chi connectivity index (χ1n) is 4.38. The molecule has 0 unspecified atom stereocenters. The molecule has 2 rings (SSSR count). The number of rotatable bonds is 2. The van der Waals surface area contributed by atoms with Crippen LogP contribution in [0.5, 0.6) is 5.75 Å². The van der Waals surface area contributed by atoms with Gasteiger partial charge in [-0.2, -0.15) is 4.68 Å². The van der Waals surface area contributed by atoms with Gasteiger partial charge in [-0.15, -0.1) is 5.10 Å². The maximum Gasteiger partial charge on any atom is 0.308 e. The molecule has 0 atom stereocenters. The Kier molecular flexibility index (Phi) is 2.59. The van der Waals surface area contributed by atoms with Gasteiger partial charge in [-0.1, -0.05) is 0 Å². The average Bonchev–Trinajstić information content (AvgIpc) is 2.69. The monoisotopic (exact) mass is 222 g/mol. The highest BCUT2D eigenvalue weighted by molar-refractivity contribution is 5.69. The molecule has 0 fully saturated rings. The fraction of sp³-hybridized carbons (Fsp3) is 0.111. The normalized spacial score (nSPS) is 10.1. The van der Waals surface area contributed by atoms with Gasteiger partial charge in [0.15, 0.2) is 5.82 Å². The summed E-state index contributed by atoms with van der Waals surface area (Å²) in [7, 11) is 0. The van der Waals surface area contributed by atoms with Crippen molar-refractivity contribution in [2.75, 3.05) is 0 Å². The van der Waals surface area contributed by atoms with E-state index in [1.165, 1.54) is 30.1 Å². The predicted octanol–water partition coefficient (Wildman–Crippen LogP) is 0.727. The second-order valence-corrected chi connectivity index (χ2v) is 2.96. The van der Waals surface area contributed by atoms with Crippen LogP contribution in [-0.4, -0.2) is 26.2 Å². The molecular weight excluding hydrogens is 215 g/mol. The molecule has 0 saturated carbocycles. The minimum absolute atomic E-state index is 0.141. The molecule has 0 aliphatic heterocycles. The number of ether oxygens (including phenoxy) is 1. The third kappa shape index (κ3) is 2.02. The third-order valence-electron chi connectivity index (χ3n) is 1.78. The summed E-state index contributed by atoms with van der Waals surface area (Å²) in [4.78, 5) is 10.7. The zero-order valence-electron chi connectivity index (χ0n) is 8.29. The van der Waals surface area contributed by atoms with Gasteiger partial charge in [0, 0.05) is 13.0 Å². The van der Waals surface area contributed by atoms with Crippen LogP contribution in [0.2, 0.25) is 0 Å². The van der Waals surface area contributed by atoms with Crippen molar-refractivity contribution in [1.82, 2.24) is 20.2 Å². The van der Waals surface area contributed by atoms with E-state index < -0.39 is 11.8 Å². The molecular formula is C9H7FN4O2. The van der Waals surface area contributed by atoms with Crippen LogP contribution in [-0.2, 0) is 4.79 Å². The first-order valence-corrected chi connectivity index (χ1v) is 4.38. The number of carbonyl (C=O) groups is 1. The number of aromatic nitrogens is 4. The van der Waals surface area contributed by atoms with E-state index in [0.717, 1.165) is 6.07 Å². The van der Waals surface area contributed by atoms with Gasteiger partial charge in [0.1, 0.15) is 17.8 Å². The first-order chi connectivity index (χ1) is 7.66. The van der Waals surface area contributed by atoms with Gasteiger partial charge in [-0.25, -0.2) is 4.39 Å². The number of halogens is 1. The molecule has 0 radical (unpaired) electrons. The zero-order chi connectivity index (χ0) is 11.5. The van der Waals surface area contributed by atoms with Gasteiger partial charge < -0.3 is 4.74 Å². The number of carbonyl (C=O) groups excluding carboxylic acids is 1. The molecule has 6 nitrogen and oxygen atoms in total. The van der Waals surface area contributed by atoms with E-state index in [2.05, 4.69) is 15.5 Å². The molecule has 0 saturated heterocycles. The Hall–Kier alpha value is -2.31. The summed E-state index contributed by atoms with van der Waals surface area (Å²) >= 11 is 0. The van der Waals surface area contributed by atoms with E-state index in [0.29, 0.717) is 0 Å². The summed E-state index contributed by atoms with van der Waals surface area (Å²) < 4.78 is 19.5. The highest BCUT2D eigenvalue weighted by Crippen LogP contribution is 2.18. The summed E-state index contributed by atoms with van der Waals surface area (Å²) in [5.41, 5.74) is 0.181. The van der Waals surface area contributed by atoms with Crippen LogP contribution in [0.4, 0.5) is 4.39 Å². The highest BCUT2D eigenvalue weighted by atomic mass is 19.1. The van der Waals surface area contributed by atoms with Crippen LogP contribution in [0, 0.1) is 5.82 Å². The second-order valence-electron chi connectivity index (χ2n) is 2.96. The Labute approximate surface area is 89.6 Å². The van der Waals surface area contributed by atoms with Crippen molar-refractivity contribution in [3.05, 3.63) is 30.3 Å². The molecule has 82 valence electrons. The average molecular weight is 222 g/mol. The number of hydrogen-bond donors (Lipinski definition) is 0. The largest absolute Gasteiger partial charge is 0.427 e. The molecule has 2 aromatic rings. The standard InChI is InChI=1S/C9H7FN4O2/c1-6(15)16-7-2-3-9(8(10)4-7)14-5-11-12-13-14/h2-5H,1H3. The van der Waals surface area contributed by atoms with Crippen LogP contribution in [0.3, 0.4) is 0 Å². The Morgan fingerprint density at radius 3 is 2.88 bits per heavy atom. The third-order valence-corrected chi connectivity index (χ3v) is 1.78. The minimum Gasteiger partial charge on any atom is -0.427 e. The van der Waals surface area contributed by atoms with Crippen molar-refractivity contribution in [2.24, 2.45) is 0 Å². The van der Waals surface area contributed by atoms with Crippen LogP contribution >= 0.6 is 0 Å². The Morgan fingerprint density at radius 2 is 2.31 bits per heavy atom. The molecule has 1 heterocycles. The number of esters is 1. The van der Waals surface area contributed by atoms with Gasteiger partial charge in [-0.05, 0) is 22.6 Å². The van der Waals surface area contributed by atoms with E-state index in [1.54, 1.807) is 0 Å². The first kappa shape index (κ1) is 10.2. The van der Waals surface area contributed by atoms with Crippen molar-refractivity contribution < 1.29 is 13.9 Å². The van der Waals surface area contributed by atoms with Gasteiger partial charge in [0.05, 0.1) is 0 Å². The Bertz CT molecular complexity index is 512. The minimum atomic E-state index is -0.578. The SMILES string of the molecule is CC(=O)Oc1ccc(-n2cnnn2)c(F)c1. The molecule has 0 bridgehead atoms. The predicted molar refractivity (Wildman–Crippen MR) is 50.4 cm³/mol. The van der Waals surface area contributed by atoms with Crippen molar-refractivity contribution in [1.29, 1.82) is 0 Å². The lowest BCUT2D eigenvalue weighted by Crippen LogP contribution is -2.03. The van der Waals surface area contributed by atoms with Gasteiger partial charge >= 0.3 is 5.97 Å². The van der Waals surface area contributed by atoms with Crippen molar-refractivity contribution in [3.63, 3.8) is 0 Å². The van der Waals surface area contributed by atoms with Crippen LogP contribution in [0.15, 0.2) is 24.5 Å². The van der Waals surface area contributed by atoms with Crippen LogP contribution in [0.25, 0.3) is 5.69 Å². The van der Waals surface area contributed by atoms with Crippen molar-refractivity contribution in [3.8, 4) is 11.4 Å². The lowest BCUT2D eigenvalue weighted by atomic mass is 10.3. The van der Waals surface area contributed by atoms with Gasteiger partial charge in [-0.3, -0.25) is 4.79 Å². The van der Waals surface area contributed by atoms with Gasteiger partial charge in [0.25, 0.3) is 0 Å². The van der Waals surface area contributed by atoms with E-state index in [1.807, 2.05) is 0 Å². The fourth-order valence-corrected chi connectivity index (χ4v) is 1.17. The van der Waals surface area contributed by atoms with E-state index in [4.69, 9.17) is 4.74 Å². The van der Waals surface area contributed by atoms with Crippen LogP contribution < -0.4 is 4.74 Å². The maximum absolute atomic E-state index is 13.6.